The Kier molecular flexibility index (Phi) is 6.73. The van der Waals surface area contributed by atoms with Gasteiger partial charge in [0.2, 0.25) is 5.91 Å². The SMILES string of the molecule is CC(C)CCC(=O)N(C)C1CCN(C2CCC(C)CC2)CC1. The highest BCUT2D eigenvalue weighted by atomic mass is 16.2. The van der Waals surface area contributed by atoms with Gasteiger partial charge in [0.25, 0.3) is 0 Å². The van der Waals surface area contributed by atoms with Crippen LogP contribution in [0.25, 0.3) is 0 Å². The zero-order valence-corrected chi connectivity index (χ0v) is 15.2. The zero-order valence-electron chi connectivity index (χ0n) is 15.2. The summed E-state index contributed by atoms with van der Waals surface area (Å²) in [6, 6.07) is 1.29. The van der Waals surface area contributed by atoms with Crippen LogP contribution in [0.3, 0.4) is 0 Å². The number of rotatable bonds is 5. The molecule has 1 saturated heterocycles. The van der Waals surface area contributed by atoms with Gasteiger partial charge in [-0.15, -0.1) is 0 Å². The third-order valence-electron chi connectivity index (χ3n) is 5.88. The predicted octanol–water partition coefficient (Wildman–Crippen LogP) is 3.92. The Hall–Kier alpha value is -0.570. The molecule has 0 aromatic carbocycles. The number of likely N-dealkylation sites (tertiary alicyclic amines) is 1. The predicted molar refractivity (Wildman–Crippen MR) is 92.9 cm³/mol. The van der Waals surface area contributed by atoms with E-state index in [4.69, 9.17) is 0 Å². The third-order valence-corrected chi connectivity index (χ3v) is 5.88. The summed E-state index contributed by atoms with van der Waals surface area (Å²) < 4.78 is 0. The van der Waals surface area contributed by atoms with Crippen LogP contribution in [-0.4, -0.2) is 47.9 Å². The quantitative estimate of drug-likeness (QED) is 0.768. The Morgan fingerprint density at radius 2 is 1.68 bits per heavy atom. The highest BCUT2D eigenvalue weighted by Gasteiger charge is 2.30. The van der Waals surface area contributed by atoms with Crippen molar-refractivity contribution in [2.24, 2.45) is 11.8 Å². The van der Waals surface area contributed by atoms with Crippen molar-refractivity contribution in [3.8, 4) is 0 Å². The molecule has 1 heterocycles. The second-order valence-electron chi connectivity index (χ2n) is 8.12. The van der Waals surface area contributed by atoms with Crippen molar-refractivity contribution >= 4 is 5.91 Å². The summed E-state index contributed by atoms with van der Waals surface area (Å²) in [7, 11) is 2.02. The highest BCUT2D eigenvalue weighted by Crippen LogP contribution is 2.29. The van der Waals surface area contributed by atoms with Crippen LogP contribution in [0.15, 0.2) is 0 Å². The van der Waals surface area contributed by atoms with Gasteiger partial charge >= 0.3 is 0 Å². The maximum Gasteiger partial charge on any atom is 0.222 e. The van der Waals surface area contributed by atoms with E-state index in [2.05, 4.69) is 25.7 Å². The smallest absolute Gasteiger partial charge is 0.222 e. The van der Waals surface area contributed by atoms with Crippen LogP contribution in [0, 0.1) is 11.8 Å². The number of nitrogens with zero attached hydrogens (tertiary/aromatic N) is 2. The number of amides is 1. The van der Waals surface area contributed by atoms with E-state index >= 15 is 0 Å². The van der Waals surface area contributed by atoms with E-state index in [-0.39, 0.29) is 0 Å². The largest absolute Gasteiger partial charge is 0.343 e. The van der Waals surface area contributed by atoms with Crippen molar-refractivity contribution in [1.29, 1.82) is 0 Å². The molecule has 1 amide bonds. The monoisotopic (exact) mass is 308 g/mol. The van der Waals surface area contributed by atoms with Crippen molar-refractivity contribution < 1.29 is 4.79 Å². The Morgan fingerprint density at radius 3 is 2.23 bits per heavy atom. The third kappa shape index (κ3) is 4.97. The molecule has 2 rings (SSSR count). The Bertz CT molecular complexity index is 339. The van der Waals surface area contributed by atoms with Gasteiger partial charge in [0.1, 0.15) is 0 Å². The molecule has 2 fully saturated rings. The molecular formula is C19H36N2O. The van der Waals surface area contributed by atoms with E-state index in [0.29, 0.717) is 17.9 Å². The normalized spacial score (nSPS) is 28.0. The highest BCUT2D eigenvalue weighted by molar-refractivity contribution is 5.76. The summed E-state index contributed by atoms with van der Waals surface area (Å²) in [6.07, 6.45) is 9.63. The first-order chi connectivity index (χ1) is 10.5. The average Bonchev–Trinajstić information content (AvgIpc) is 2.53. The summed E-state index contributed by atoms with van der Waals surface area (Å²) in [5, 5.41) is 0. The van der Waals surface area contributed by atoms with E-state index in [1.165, 1.54) is 38.8 Å². The molecule has 1 aliphatic heterocycles. The van der Waals surface area contributed by atoms with Crippen LogP contribution in [0.4, 0.5) is 0 Å². The first-order valence-corrected chi connectivity index (χ1v) is 9.47. The van der Waals surface area contributed by atoms with E-state index in [1.54, 1.807) is 0 Å². The molecule has 3 nitrogen and oxygen atoms in total. The number of piperidine rings is 1. The maximum absolute atomic E-state index is 12.3. The summed E-state index contributed by atoms with van der Waals surface area (Å²) in [5.41, 5.74) is 0. The number of carbonyl (C=O) groups excluding carboxylic acids is 1. The molecule has 22 heavy (non-hydrogen) atoms. The lowest BCUT2D eigenvalue weighted by molar-refractivity contribution is -0.133. The van der Waals surface area contributed by atoms with Crippen LogP contribution < -0.4 is 0 Å². The minimum absolute atomic E-state index is 0.346. The minimum atomic E-state index is 0.346. The number of hydrogen-bond acceptors (Lipinski definition) is 2. The van der Waals surface area contributed by atoms with Gasteiger partial charge in [-0.2, -0.15) is 0 Å². The van der Waals surface area contributed by atoms with Gasteiger partial charge in [-0.3, -0.25) is 4.79 Å². The molecule has 0 unspecified atom stereocenters. The second kappa shape index (κ2) is 8.33. The van der Waals surface area contributed by atoms with Gasteiger partial charge in [0.05, 0.1) is 0 Å². The molecule has 2 aliphatic rings. The fraction of sp³-hybridized carbons (Fsp3) is 0.947. The van der Waals surface area contributed by atoms with Crippen molar-refractivity contribution in [2.45, 2.75) is 84.2 Å². The first kappa shape index (κ1) is 17.8. The molecule has 0 radical (unpaired) electrons. The van der Waals surface area contributed by atoms with Gasteiger partial charge < -0.3 is 9.80 Å². The molecule has 1 aliphatic carbocycles. The fourth-order valence-electron chi connectivity index (χ4n) is 4.04. The van der Waals surface area contributed by atoms with Crippen molar-refractivity contribution in [3.05, 3.63) is 0 Å². The van der Waals surface area contributed by atoms with Gasteiger partial charge in [0.15, 0.2) is 0 Å². The van der Waals surface area contributed by atoms with Crippen LogP contribution in [-0.2, 0) is 4.79 Å². The van der Waals surface area contributed by atoms with E-state index in [1.807, 2.05) is 11.9 Å². The molecule has 0 spiro atoms. The van der Waals surface area contributed by atoms with Crippen LogP contribution >= 0.6 is 0 Å². The molecule has 0 aromatic heterocycles. The summed E-state index contributed by atoms with van der Waals surface area (Å²) in [4.78, 5) is 17.0. The van der Waals surface area contributed by atoms with Gasteiger partial charge in [-0.05, 0) is 56.8 Å². The average molecular weight is 309 g/mol. The van der Waals surface area contributed by atoms with E-state index in [0.717, 1.165) is 37.6 Å². The summed E-state index contributed by atoms with van der Waals surface area (Å²) >= 11 is 0. The molecule has 0 N–H and O–H groups in total. The lowest BCUT2D eigenvalue weighted by Gasteiger charge is -2.42. The molecule has 0 atom stereocenters. The first-order valence-electron chi connectivity index (χ1n) is 9.47. The topological polar surface area (TPSA) is 23.6 Å². The fourth-order valence-corrected chi connectivity index (χ4v) is 4.04. The summed E-state index contributed by atoms with van der Waals surface area (Å²) in [5.74, 6) is 1.89. The van der Waals surface area contributed by atoms with Crippen LogP contribution in [0.5, 0.6) is 0 Å². The molecule has 0 aromatic rings. The van der Waals surface area contributed by atoms with Crippen molar-refractivity contribution in [1.82, 2.24) is 9.80 Å². The number of carbonyl (C=O) groups is 1. The Labute approximate surface area is 137 Å². The number of hydrogen-bond donors (Lipinski definition) is 0. The molecule has 1 saturated carbocycles. The lowest BCUT2D eigenvalue weighted by atomic mass is 9.85. The van der Waals surface area contributed by atoms with Gasteiger partial charge in [-0.25, -0.2) is 0 Å². The van der Waals surface area contributed by atoms with Crippen molar-refractivity contribution in [3.63, 3.8) is 0 Å². The second-order valence-corrected chi connectivity index (χ2v) is 8.12. The van der Waals surface area contributed by atoms with E-state index in [9.17, 15) is 4.79 Å². The molecule has 128 valence electrons. The molecule has 3 heteroatoms. The Morgan fingerprint density at radius 1 is 1.09 bits per heavy atom. The zero-order chi connectivity index (χ0) is 16.1. The van der Waals surface area contributed by atoms with Gasteiger partial charge in [-0.1, -0.05) is 20.8 Å². The maximum atomic E-state index is 12.3. The lowest BCUT2D eigenvalue weighted by Crippen LogP contribution is -2.49. The van der Waals surface area contributed by atoms with E-state index < -0.39 is 0 Å². The van der Waals surface area contributed by atoms with Crippen molar-refractivity contribution in [2.75, 3.05) is 20.1 Å². The standard InChI is InChI=1S/C19H36N2O/c1-15(2)5-10-19(22)20(4)17-11-13-21(14-12-17)18-8-6-16(3)7-9-18/h15-18H,5-14H2,1-4H3. The molecular weight excluding hydrogens is 272 g/mol. The van der Waals surface area contributed by atoms with Crippen LogP contribution in [0.2, 0.25) is 0 Å². The van der Waals surface area contributed by atoms with Gasteiger partial charge in [0, 0.05) is 38.6 Å². The summed E-state index contributed by atoms with van der Waals surface area (Å²) in [6.45, 7) is 9.14. The minimum Gasteiger partial charge on any atom is -0.343 e. The van der Waals surface area contributed by atoms with Crippen LogP contribution in [0.1, 0.15) is 72.1 Å². The molecule has 0 bridgehead atoms. The Balaban J connectivity index is 1.73.